The molecule has 0 radical (unpaired) electrons. The Morgan fingerprint density at radius 2 is 2.05 bits per heavy atom. The Morgan fingerprint density at radius 1 is 1.41 bits per heavy atom. The van der Waals surface area contributed by atoms with Crippen molar-refractivity contribution in [1.82, 2.24) is 4.90 Å². The highest BCUT2D eigenvalue weighted by Crippen LogP contribution is 2.43. The Kier molecular flexibility index (Phi) is 4.69. The first-order valence-electron chi connectivity index (χ1n) is 7.65. The van der Waals surface area contributed by atoms with Gasteiger partial charge in [-0.05, 0) is 32.8 Å². The van der Waals surface area contributed by atoms with Gasteiger partial charge in [0, 0.05) is 12.1 Å². The van der Waals surface area contributed by atoms with E-state index in [0.29, 0.717) is 25.1 Å². The molecule has 4 heteroatoms. The number of hydrogen-bond donors (Lipinski definition) is 0. The van der Waals surface area contributed by atoms with E-state index in [-0.39, 0.29) is 17.9 Å². The normalized spacial score (nSPS) is 23.3. The van der Waals surface area contributed by atoms with Crippen molar-refractivity contribution in [2.24, 2.45) is 5.41 Å². The number of carbonyl (C=O) groups is 2. The van der Waals surface area contributed by atoms with E-state index in [1.54, 1.807) is 11.8 Å². The van der Waals surface area contributed by atoms with E-state index in [1.165, 1.54) is 0 Å². The molecule has 4 nitrogen and oxygen atoms in total. The van der Waals surface area contributed by atoms with E-state index < -0.39 is 5.41 Å². The van der Waals surface area contributed by atoms with Crippen molar-refractivity contribution in [2.75, 3.05) is 6.61 Å². The first kappa shape index (κ1) is 16.3. The van der Waals surface area contributed by atoms with Crippen molar-refractivity contribution in [2.45, 2.75) is 39.7 Å². The van der Waals surface area contributed by atoms with E-state index in [1.807, 2.05) is 44.2 Å². The van der Waals surface area contributed by atoms with Crippen LogP contribution in [0.4, 0.5) is 0 Å². The molecule has 0 N–H and O–H groups in total. The van der Waals surface area contributed by atoms with Gasteiger partial charge in [-0.3, -0.25) is 9.59 Å². The van der Waals surface area contributed by atoms with E-state index >= 15 is 0 Å². The van der Waals surface area contributed by atoms with Crippen LogP contribution in [0.15, 0.2) is 42.6 Å². The topological polar surface area (TPSA) is 46.6 Å². The van der Waals surface area contributed by atoms with Crippen LogP contribution in [0.2, 0.25) is 0 Å². The van der Waals surface area contributed by atoms with Gasteiger partial charge >= 0.3 is 5.97 Å². The molecule has 1 saturated heterocycles. The second-order valence-corrected chi connectivity index (χ2v) is 5.85. The van der Waals surface area contributed by atoms with Gasteiger partial charge in [0.05, 0.1) is 12.6 Å². The molecular weight excluding hydrogens is 278 g/mol. The van der Waals surface area contributed by atoms with Gasteiger partial charge in [-0.1, -0.05) is 36.9 Å². The Bertz CT molecular complexity index is 581. The van der Waals surface area contributed by atoms with Crippen molar-refractivity contribution in [3.8, 4) is 0 Å². The summed E-state index contributed by atoms with van der Waals surface area (Å²) in [6, 6.07) is 9.60. The molecule has 1 fully saturated rings. The molecular formula is C18H23NO3. The minimum atomic E-state index is -0.840. The fourth-order valence-corrected chi connectivity index (χ4v) is 2.88. The SMILES string of the molecule is C=C1N([C@H](C)c2ccccc2)C(=O)CC[C@@]1(C)C(=O)OCC. The zero-order chi connectivity index (χ0) is 16.3. The van der Waals surface area contributed by atoms with E-state index in [2.05, 4.69) is 6.58 Å². The van der Waals surface area contributed by atoms with Gasteiger partial charge in [0.15, 0.2) is 0 Å². The fourth-order valence-electron chi connectivity index (χ4n) is 2.88. The molecule has 1 amide bonds. The summed E-state index contributed by atoms with van der Waals surface area (Å²) in [6.07, 6.45) is 0.771. The van der Waals surface area contributed by atoms with Gasteiger partial charge in [-0.25, -0.2) is 0 Å². The van der Waals surface area contributed by atoms with Crippen molar-refractivity contribution in [1.29, 1.82) is 0 Å². The molecule has 2 rings (SSSR count). The molecule has 0 bridgehead atoms. The summed E-state index contributed by atoms with van der Waals surface area (Å²) in [5.41, 5.74) is 0.705. The van der Waals surface area contributed by atoms with Gasteiger partial charge < -0.3 is 9.64 Å². The third-order valence-corrected chi connectivity index (χ3v) is 4.43. The summed E-state index contributed by atoms with van der Waals surface area (Å²) < 4.78 is 5.19. The van der Waals surface area contributed by atoms with Crippen LogP contribution in [0.5, 0.6) is 0 Å². The van der Waals surface area contributed by atoms with E-state index in [0.717, 1.165) is 5.56 Å². The van der Waals surface area contributed by atoms with Crippen molar-refractivity contribution < 1.29 is 14.3 Å². The molecule has 118 valence electrons. The predicted molar refractivity (Wildman–Crippen MR) is 84.8 cm³/mol. The molecule has 0 aliphatic carbocycles. The van der Waals surface area contributed by atoms with Crippen LogP contribution in [-0.2, 0) is 14.3 Å². The van der Waals surface area contributed by atoms with Crippen molar-refractivity contribution in [3.63, 3.8) is 0 Å². The van der Waals surface area contributed by atoms with Crippen molar-refractivity contribution >= 4 is 11.9 Å². The largest absolute Gasteiger partial charge is 0.465 e. The monoisotopic (exact) mass is 301 g/mol. The lowest BCUT2D eigenvalue weighted by molar-refractivity contribution is -0.157. The number of hydrogen-bond acceptors (Lipinski definition) is 3. The molecule has 22 heavy (non-hydrogen) atoms. The van der Waals surface area contributed by atoms with Gasteiger partial charge in [-0.2, -0.15) is 0 Å². The number of piperidine rings is 1. The maximum absolute atomic E-state index is 12.4. The number of benzene rings is 1. The minimum absolute atomic E-state index is 0.00289. The number of carbonyl (C=O) groups excluding carboxylic acids is 2. The van der Waals surface area contributed by atoms with Crippen LogP contribution in [0, 0.1) is 5.41 Å². The zero-order valence-electron chi connectivity index (χ0n) is 13.5. The predicted octanol–water partition coefficient (Wildman–Crippen LogP) is 3.45. The summed E-state index contributed by atoms with van der Waals surface area (Å²) in [5.74, 6) is -0.305. The number of ether oxygens (including phenoxy) is 1. The number of rotatable bonds is 4. The Hall–Kier alpha value is -2.10. The number of nitrogens with zero attached hydrogens (tertiary/aromatic N) is 1. The molecule has 1 aliphatic rings. The van der Waals surface area contributed by atoms with E-state index in [9.17, 15) is 9.59 Å². The molecule has 0 saturated carbocycles. The summed E-state index contributed by atoms with van der Waals surface area (Å²) in [4.78, 5) is 26.4. The highest BCUT2D eigenvalue weighted by Gasteiger charge is 2.46. The average molecular weight is 301 g/mol. The first-order valence-corrected chi connectivity index (χ1v) is 7.65. The lowest BCUT2D eigenvalue weighted by atomic mass is 9.78. The van der Waals surface area contributed by atoms with Crippen LogP contribution in [0.25, 0.3) is 0 Å². The van der Waals surface area contributed by atoms with Gasteiger partial charge in [-0.15, -0.1) is 0 Å². The van der Waals surface area contributed by atoms with Crippen LogP contribution in [0.3, 0.4) is 0 Å². The number of likely N-dealkylation sites (tertiary alicyclic amines) is 1. The molecule has 2 atom stereocenters. The minimum Gasteiger partial charge on any atom is -0.465 e. The van der Waals surface area contributed by atoms with Crippen LogP contribution < -0.4 is 0 Å². The highest BCUT2D eigenvalue weighted by molar-refractivity contribution is 5.87. The molecule has 1 aliphatic heterocycles. The summed E-state index contributed by atoms with van der Waals surface area (Å²) >= 11 is 0. The van der Waals surface area contributed by atoms with Crippen LogP contribution in [-0.4, -0.2) is 23.4 Å². The summed E-state index contributed by atoms with van der Waals surface area (Å²) in [6.45, 7) is 9.92. The summed E-state index contributed by atoms with van der Waals surface area (Å²) in [5, 5.41) is 0. The highest BCUT2D eigenvalue weighted by atomic mass is 16.5. The summed E-state index contributed by atoms with van der Waals surface area (Å²) in [7, 11) is 0. The quantitative estimate of drug-likeness (QED) is 0.800. The molecule has 1 aromatic rings. The molecule has 0 aromatic heterocycles. The molecule has 0 spiro atoms. The lowest BCUT2D eigenvalue weighted by Gasteiger charge is -2.43. The lowest BCUT2D eigenvalue weighted by Crippen LogP contribution is -2.47. The van der Waals surface area contributed by atoms with Crippen LogP contribution in [0.1, 0.15) is 45.2 Å². The maximum atomic E-state index is 12.4. The zero-order valence-corrected chi connectivity index (χ0v) is 13.5. The van der Waals surface area contributed by atoms with E-state index in [4.69, 9.17) is 4.74 Å². The van der Waals surface area contributed by atoms with Gasteiger partial charge in [0.2, 0.25) is 5.91 Å². The smallest absolute Gasteiger partial charge is 0.317 e. The Labute approximate surface area is 131 Å². The molecule has 1 aromatic carbocycles. The third-order valence-electron chi connectivity index (χ3n) is 4.43. The number of esters is 1. The Balaban J connectivity index is 2.32. The fraction of sp³-hybridized carbons (Fsp3) is 0.444. The maximum Gasteiger partial charge on any atom is 0.317 e. The second kappa shape index (κ2) is 6.34. The van der Waals surface area contributed by atoms with Crippen molar-refractivity contribution in [3.05, 3.63) is 48.2 Å². The number of amides is 1. The molecule has 1 heterocycles. The van der Waals surface area contributed by atoms with Gasteiger partial charge in [0.25, 0.3) is 0 Å². The van der Waals surface area contributed by atoms with Crippen LogP contribution >= 0.6 is 0 Å². The first-order chi connectivity index (χ1) is 10.4. The standard InChI is InChI=1S/C18H23NO3/c1-5-22-17(21)18(4)12-11-16(20)19(14(18)3)13(2)15-9-7-6-8-10-15/h6-10,13H,3,5,11-12H2,1-2,4H3/t13-,18-/m1/s1. The molecule has 0 unspecified atom stereocenters. The average Bonchev–Trinajstić information content (AvgIpc) is 2.52. The third kappa shape index (κ3) is 2.78. The van der Waals surface area contributed by atoms with Gasteiger partial charge in [0.1, 0.15) is 5.41 Å². The second-order valence-electron chi connectivity index (χ2n) is 5.85. The Morgan fingerprint density at radius 3 is 2.64 bits per heavy atom.